The van der Waals surface area contributed by atoms with Gasteiger partial charge in [0.1, 0.15) is 36.9 Å². The lowest BCUT2D eigenvalue weighted by Crippen LogP contribution is -2.22. The number of carbonyl (C=O) groups is 1. The number of nitrogens with zero attached hydrogens (tertiary/aromatic N) is 2. The van der Waals surface area contributed by atoms with E-state index in [1.165, 1.54) is 0 Å². The van der Waals surface area contributed by atoms with Crippen molar-refractivity contribution in [2.24, 2.45) is 5.92 Å². The van der Waals surface area contributed by atoms with Gasteiger partial charge in [0, 0.05) is 23.1 Å². The van der Waals surface area contributed by atoms with E-state index in [1.54, 1.807) is 25.1 Å². The second-order valence-corrected chi connectivity index (χ2v) is 9.39. The largest absolute Gasteiger partial charge is 0.491 e. The Labute approximate surface area is 206 Å². The molecule has 1 N–H and O–H groups in total. The molecule has 0 aliphatic heterocycles. The summed E-state index contributed by atoms with van der Waals surface area (Å²) >= 11 is 0. The van der Waals surface area contributed by atoms with Crippen molar-refractivity contribution in [1.29, 1.82) is 5.26 Å². The number of nitrogens with one attached hydrogen (secondary N) is 1. The summed E-state index contributed by atoms with van der Waals surface area (Å²) in [5.74, 6) is -1.21. The number of rotatable bonds is 8. The van der Waals surface area contributed by atoms with Crippen LogP contribution in [0.3, 0.4) is 0 Å². The van der Waals surface area contributed by atoms with Gasteiger partial charge in [0.05, 0.1) is 16.8 Å². The van der Waals surface area contributed by atoms with E-state index in [0.29, 0.717) is 22.3 Å². The Kier molecular flexibility index (Phi) is 6.52. The van der Waals surface area contributed by atoms with E-state index in [0.717, 1.165) is 44.2 Å². The molecule has 1 heterocycles. The summed E-state index contributed by atoms with van der Waals surface area (Å²) in [7, 11) is 0. The molecule has 1 amide bonds. The third-order valence-corrected chi connectivity index (χ3v) is 6.99. The van der Waals surface area contributed by atoms with E-state index in [1.807, 2.05) is 4.57 Å². The molecule has 188 valence electrons. The number of hydrogen-bond acceptors (Lipinski definition) is 4. The molecule has 0 radical (unpaired) electrons. The number of carbonyl (C=O) groups excluding carboxylic acids is 1. The number of fused-ring (bicyclic) bond motifs is 1. The van der Waals surface area contributed by atoms with Crippen LogP contribution >= 0.6 is 0 Å². The van der Waals surface area contributed by atoms with Crippen molar-refractivity contribution in [2.45, 2.75) is 51.2 Å². The lowest BCUT2D eigenvalue weighted by atomic mass is 9.92. The fraction of sp³-hybridized carbons (Fsp3) is 0.407. The standard InChI is InChI=1S/C27H26F3N3O3/c1-15(16-5-6-16)36-27(34)32-25-22(29)11-17(12-23(25)30)26-21(14-31)20-8-7-19(35-10-9-28)13-24(20)33(26)18-3-2-4-18/h7-8,11-13,15-16,18H,2-6,9-10H2,1H3,(H,32,34)/t15-/m1/s1. The molecule has 36 heavy (non-hydrogen) atoms. The van der Waals surface area contributed by atoms with Crippen LogP contribution in [0.15, 0.2) is 30.3 Å². The van der Waals surface area contributed by atoms with Gasteiger partial charge >= 0.3 is 6.09 Å². The zero-order chi connectivity index (χ0) is 25.4. The summed E-state index contributed by atoms with van der Waals surface area (Å²) in [6.07, 6.45) is 3.39. The molecule has 2 aromatic carbocycles. The van der Waals surface area contributed by atoms with Gasteiger partial charge in [-0.3, -0.25) is 5.32 Å². The highest BCUT2D eigenvalue weighted by molar-refractivity contribution is 5.96. The predicted molar refractivity (Wildman–Crippen MR) is 129 cm³/mol. The lowest BCUT2D eigenvalue weighted by Gasteiger charge is -2.30. The second kappa shape index (κ2) is 9.76. The van der Waals surface area contributed by atoms with Gasteiger partial charge in [0.25, 0.3) is 0 Å². The molecule has 0 bridgehead atoms. The molecule has 1 aromatic heterocycles. The molecule has 2 aliphatic rings. The van der Waals surface area contributed by atoms with Crippen LogP contribution < -0.4 is 10.1 Å². The first-order valence-corrected chi connectivity index (χ1v) is 12.1. The molecular formula is C27H26F3N3O3. The Hall–Kier alpha value is -3.67. The molecule has 5 rings (SSSR count). The topological polar surface area (TPSA) is 76.3 Å². The molecule has 6 nitrogen and oxygen atoms in total. The van der Waals surface area contributed by atoms with Crippen LogP contribution in [-0.4, -0.2) is 30.0 Å². The number of nitriles is 1. The molecule has 0 saturated heterocycles. The van der Waals surface area contributed by atoms with E-state index in [2.05, 4.69) is 11.4 Å². The van der Waals surface area contributed by atoms with E-state index in [-0.39, 0.29) is 35.8 Å². The van der Waals surface area contributed by atoms with Crippen LogP contribution in [-0.2, 0) is 4.74 Å². The van der Waals surface area contributed by atoms with Crippen molar-refractivity contribution in [2.75, 3.05) is 18.6 Å². The number of amides is 1. The Morgan fingerprint density at radius 1 is 1.19 bits per heavy atom. The Morgan fingerprint density at radius 3 is 2.50 bits per heavy atom. The first kappa shape index (κ1) is 24.0. The van der Waals surface area contributed by atoms with E-state index >= 15 is 8.78 Å². The van der Waals surface area contributed by atoms with Gasteiger partial charge in [-0.25, -0.2) is 18.0 Å². The van der Waals surface area contributed by atoms with Gasteiger partial charge in [-0.05, 0) is 69.2 Å². The Bertz CT molecular complexity index is 1330. The summed E-state index contributed by atoms with van der Waals surface area (Å²) in [5, 5.41) is 12.8. The zero-order valence-electron chi connectivity index (χ0n) is 19.8. The van der Waals surface area contributed by atoms with Gasteiger partial charge < -0.3 is 14.0 Å². The normalized spacial score (nSPS) is 16.3. The fourth-order valence-corrected chi connectivity index (χ4v) is 4.75. The quantitative estimate of drug-likeness (QED) is 0.368. The van der Waals surface area contributed by atoms with Crippen LogP contribution in [0.4, 0.5) is 23.7 Å². The highest BCUT2D eigenvalue weighted by Gasteiger charge is 2.32. The minimum absolute atomic E-state index is 0.0452. The van der Waals surface area contributed by atoms with Gasteiger partial charge in [0.15, 0.2) is 11.6 Å². The van der Waals surface area contributed by atoms with Crippen LogP contribution in [0.1, 0.15) is 50.6 Å². The predicted octanol–water partition coefficient (Wildman–Crippen LogP) is 6.88. The minimum atomic E-state index is -0.970. The average Bonchev–Trinajstić information content (AvgIpc) is 3.62. The number of aromatic nitrogens is 1. The Morgan fingerprint density at radius 2 is 1.92 bits per heavy atom. The van der Waals surface area contributed by atoms with Gasteiger partial charge in [-0.2, -0.15) is 5.26 Å². The summed E-state index contributed by atoms with van der Waals surface area (Å²) in [4.78, 5) is 12.2. The van der Waals surface area contributed by atoms with Crippen molar-refractivity contribution in [3.8, 4) is 23.1 Å². The molecule has 0 unspecified atom stereocenters. The van der Waals surface area contributed by atoms with E-state index in [4.69, 9.17) is 9.47 Å². The summed E-state index contributed by atoms with van der Waals surface area (Å²) in [6, 6.07) is 9.56. The monoisotopic (exact) mass is 497 g/mol. The highest BCUT2D eigenvalue weighted by atomic mass is 19.1. The van der Waals surface area contributed by atoms with Crippen LogP contribution in [0, 0.1) is 28.9 Å². The maximum atomic E-state index is 15.1. The second-order valence-electron chi connectivity index (χ2n) is 9.39. The number of benzene rings is 2. The van der Waals surface area contributed by atoms with Crippen LogP contribution in [0.25, 0.3) is 22.2 Å². The number of hydrogen-bond donors (Lipinski definition) is 1. The number of alkyl halides is 1. The summed E-state index contributed by atoms with van der Waals surface area (Å²) in [6.45, 7) is 1.02. The molecule has 1 atom stereocenters. The van der Waals surface area contributed by atoms with Crippen molar-refractivity contribution in [3.63, 3.8) is 0 Å². The first-order valence-electron chi connectivity index (χ1n) is 12.1. The maximum Gasteiger partial charge on any atom is 0.412 e. The van der Waals surface area contributed by atoms with Crippen molar-refractivity contribution < 1.29 is 27.4 Å². The third kappa shape index (κ3) is 4.48. The van der Waals surface area contributed by atoms with Gasteiger partial charge in [-0.1, -0.05) is 0 Å². The average molecular weight is 498 g/mol. The van der Waals surface area contributed by atoms with E-state index < -0.39 is 30.1 Å². The van der Waals surface area contributed by atoms with Gasteiger partial charge in [-0.15, -0.1) is 0 Å². The fourth-order valence-electron chi connectivity index (χ4n) is 4.75. The zero-order valence-corrected chi connectivity index (χ0v) is 19.8. The molecule has 2 fully saturated rings. The summed E-state index contributed by atoms with van der Waals surface area (Å²) < 4.78 is 55.5. The molecule has 2 aliphatic carbocycles. The number of halogens is 3. The van der Waals surface area contributed by atoms with Crippen LogP contribution in [0.5, 0.6) is 5.75 Å². The number of anilines is 1. The van der Waals surface area contributed by atoms with Crippen LogP contribution in [0.2, 0.25) is 0 Å². The smallest absolute Gasteiger partial charge is 0.412 e. The Balaban J connectivity index is 1.55. The van der Waals surface area contributed by atoms with Gasteiger partial charge in [0.2, 0.25) is 0 Å². The molecule has 2 saturated carbocycles. The van der Waals surface area contributed by atoms with Crippen molar-refractivity contribution in [3.05, 3.63) is 47.5 Å². The molecular weight excluding hydrogens is 471 g/mol. The number of ether oxygens (including phenoxy) is 2. The maximum absolute atomic E-state index is 15.1. The van der Waals surface area contributed by atoms with E-state index in [9.17, 15) is 14.4 Å². The molecule has 3 aromatic rings. The van der Waals surface area contributed by atoms with Crippen molar-refractivity contribution >= 4 is 22.7 Å². The van der Waals surface area contributed by atoms with Crippen molar-refractivity contribution in [1.82, 2.24) is 4.57 Å². The highest BCUT2D eigenvalue weighted by Crippen LogP contribution is 2.44. The molecule has 0 spiro atoms. The lowest BCUT2D eigenvalue weighted by molar-refractivity contribution is 0.108. The first-order chi connectivity index (χ1) is 17.4. The molecule has 9 heteroatoms. The SMILES string of the molecule is C[C@@H](OC(=O)Nc1c(F)cc(-c2c(C#N)c3ccc(OCCF)cc3n2C2CCC2)cc1F)C1CC1. The summed E-state index contributed by atoms with van der Waals surface area (Å²) in [5.41, 5.74) is 0.947. The third-order valence-electron chi connectivity index (χ3n) is 6.99. The minimum Gasteiger partial charge on any atom is -0.491 e.